The summed E-state index contributed by atoms with van der Waals surface area (Å²) in [4.78, 5) is 0. The minimum absolute atomic E-state index is 0.467. The first-order chi connectivity index (χ1) is 10.3. The number of rotatable bonds is 4. The van der Waals surface area contributed by atoms with Crippen LogP contribution in [0.25, 0.3) is 16.8 Å². The molecule has 3 rings (SSSR count). The summed E-state index contributed by atoms with van der Waals surface area (Å²) in [7, 11) is 0. The van der Waals surface area contributed by atoms with Gasteiger partial charge in [-0.15, -0.1) is 0 Å². The Hall–Kier alpha value is -2.39. The first kappa shape index (κ1) is 13.6. The van der Waals surface area contributed by atoms with E-state index >= 15 is 0 Å². The van der Waals surface area contributed by atoms with Gasteiger partial charge in [-0.1, -0.05) is 55.5 Å². The van der Waals surface area contributed by atoms with Crippen LogP contribution < -0.4 is 0 Å². The van der Waals surface area contributed by atoms with Gasteiger partial charge in [0.25, 0.3) is 0 Å². The van der Waals surface area contributed by atoms with Crippen LogP contribution in [0.4, 0.5) is 0 Å². The lowest BCUT2D eigenvalue weighted by Crippen LogP contribution is -2.04. The summed E-state index contributed by atoms with van der Waals surface area (Å²) in [5.74, 6) is 0. The van der Waals surface area contributed by atoms with Gasteiger partial charge in [-0.2, -0.15) is 5.10 Å². The van der Waals surface area contributed by atoms with E-state index in [4.69, 9.17) is 0 Å². The Balaban J connectivity index is 2.01. The monoisotopic (exact) mass is 278 g/mol. The van der Waals surface area contributed by atoms with Crippen molar-refractivity contribution in [2.45, 2.75) is 19.4 Å². The molecule has 0 aliphatic rings. The van der Waals surface area contributed by atoms with E-state index in [2.05, 4.69) is 17.2 Å². The second kappa shape index (κ2) is 5.94. The van der Waals surface area contributed by atoms with E-state index in [-0.39, 0.29) is 0 Å². The molecule has 0 saturated carbocycles. The van der Waals surface area contributed by atoms with E-state index in [9.17, 15) is 5.11 Å². The second-order valence-electron chi connectivity index (χ2n) is 5.02. The standard InChI is InChI=1S/C18H18N2O/c1-2-18(21)16-10-6-7-11-17(16)20-13-15(12-19-20)14-8-4-3-5-9-14/h3-13,18,21H,2H2,1H3/t18-/m1/s1. The van der Waals surface area contributed by atoms with Gasteiger partial charge in [0.15, 0.2) is 0 Å². The zero-order chi connectivity index (χ0) is 14.7. The average molecular weight is 278 g/mol. The molecule has 0 amide bonds. The highest BCUT2D eigenvalue weighted by Gasteiger charge is 2.12. The van der Waals surface area contributed by atoms with Crippen LogP contribution in [0.5, 0.6) is 0 Å². The van der Waals surface area contributed by atoms with Gasteiger partial charge in [-0.25, -0.2) is 4.68 Å². The number of para-hydroxylation sites is 1. The molecule has 3 nitrogen and oxygen atoms in total. The summed E-state index contributed by atoms with van der Waals surface area (Å²) in [6.45, 7) is 1.97. The van der Waals surface area contributed by atoms with Crippen molar-refractivity contribution >= 4 is 0 Å². The highest BCUT2D eigenvalue weighted by molar-refractivity contribution is 5.62. The molecule has 0 fully saturated rings. The predicted octanol–water partition coefficient (Wildman–Crippen LogP) is 3.98. The topological polar surface area (TPSA) is 38.0 Å². The van der Waals surface area contributed by atoms with Crippen LogP contribution in [0.15, 0.2) is 67.0 Å². The second-order valence-corrected chi connectivity index (χ2v) is 5.02. The van der Waals surface area contributed by atoms with E-state index < -0.39 is 6.10 Å². The van der Waals surface area contributed by atoms with Gasteiger partial charge in [0.1, 0.15) is 0 Å². The summed E-state index contributed by atoms with van der Waals surface area (Å²) in [5.41, 5.74) is 4.03. The maximum absolute atomic E-state index is 10.2. The van der Waals surface area contributed by atoms with Crippen LogP contribution in [0, 0.1) is 0 Å². The Labute approximate surface area is 124 Å². The van der Waals surface area contributed by atoms with Crippen LogP contribution in [-0.4, -0.2) is 14.9 Å². The number of aliphatic hydroxyl groups is 1. The van der Waals surface area contributed by atoms with Gasteiger partial charge in [0.2, 0.25) is 0 Å². The molecule has 0 spiro atoms. The van der Waals surface area contributed by atoms with E-state index in [0.717, 1.165) is 22.4 Å². The summed E-state index contributed by atoms with van der Waals surface area (Å²) >= 11 is 0. The van der Waals surface area contributed by atoms with Gasteiger partial charge in [0, 0.05) is 17.3 Å². The molecular weight excluding hydrogens is 260 g/mol. The molecule has 1 heterocycles. The van der Waals surface area contributed by atoms with Gasteiger partial charge in [-0.3, -0.25) is 0 Å². The Morgan fingerprint density at radius 1 is 1.00 bits per heavy atom. The van der Waals surface area contributed by atoms with Crippen LogP contribution in [0.1, 0.15) is 25.0 Å². The van der Waals surface area contributed by atoms with E-state index in [1.165, 1.54) is 0 Å². The molecular formula is C18H18N2O. The molecule has 0 unspecified atom stereocenters. The Morgan fingerprint density at radius 3 is 2.48 bits per heavy atom. The number of hydrogen-bond acceptors (Lipinski definition) is 2. The zero-order valence-electron chi connectivity index (χ0n) is 12.0. The van der Waals surface area contributed by atoms with Crippen LogP contribution in [-0.2, 0) is 0 Å². The predicted molar refractivity (Wildman–Crippen MR) is 84.3 cm³/mol. The zero-order valence-corrected chi connectivity index (χ0v) is 12.0. The molecule has 0 radical (unpaired) electrons. The van der Waals surface area contributed by atoms with Crippen molar-refractivity contribution in [1.82, 2.24) is 9.78 Å². The molecule has 0 bridgehead atoms. The first-order valence-electron chi connectivity index (χ1n) is 7.17. The minimum Gasteiger partial charge on any atom is -0.388 e. The van der Waals surface area contributed by atoms with E-state index in [1.54, 1.807) is 0 Å². The minimum atomic E-state index is -0.467. The van der Waals surface area contributed by atoms with Crippen molar-refractivity contribution in [3.63, 3.8) is 0 Å². The molecule has 3 aromatic rings. The van der Waals surface area contributed by atoms with Gasteiger partial charge in [-0.05, 0) is 18.1 Å². The number of aliphatic hydroxyl groups excluding tert-OH is 1. The number of aromatic nitrogens is 2. The highest BCUT2D eigenvalue weighted by Crippen LogP contribution is 2.25. The molecule has 1 atom stereocenters. The molecule has 21 heavy (non-hydrogen) atoms. The smallest absolute Gasteiger partial charge is 0.0808 e. The molecule has 0 saturated heterocycles. The van der Waals surface area contributed by atoms with Gasteiger partial charge in [0.05, 0.1) is 18.0 Å². The van der Waals surface area contributed by atoms with Crippen molar-refractivity contribution < 1.29 is 5.11 Å². The van der Waals surface area contributed by atoms with Crippen LogP contribution in [0.3, 0.4) is 0 Å². The van der Waals surface area contributed by atoms with Crippen LogP contribution >= 0.6 is 0 Å². The fraction of sp³-hybridized carbons (Fsp3) is 0.167. The number of benzene rings is 2. The molecule has 1 N–H and O–H groups in total. The van der Waals surface area contributed by atoms with Crippen molar-refractivity contribution in [2.75, 3.05) is 0 Å². The highest BCUT2D eigenvalue weighted by atomic mass is 16.3. The maximum Gasteiger partial charge on any atom is 0.0808 e. The Morgan fingerprint density at radius 2 is 1.71 bits per heavy atom. The molecule has 106 valence electrons. The Bertz CT molecular complexity index is 719. The van der Waals surface area contributed by atoms with Crippen molar-refractivity contribution in [3.8, 4) is 16.8 Å². The normalized spacial score (nSPS) is 12.3. The molecule has 1 aromatic heterocycles. The first-order valence-corrected chi connectivity index (χ1v) is 7.17. The van der Waals surface area contributed by atoms with E-state index in [0.29, 0.717) is 6.42 Å². The van der Waals surface area contributed by atoms with Gasteiger partial charge >= 0.3 is 0 Å². The van der Waals surface area contributed by atoms with Crippen molar-refractivity contribution in [1.29, 1.82) is 0 Å². The fourth-order valence-electron chi connectivity index (χ4n) is 2.43. The maximum atomic E-state index is 10.2. The van der Waals surface area contributed by atoms with Crippen LogP contribution in [0.2, 0.25) is 0 Å². The van der Waals surface area contributed by atoms with Gasteiger partial charge < -0.3 is 5.11 Å². The average Bonchev–Trinajstić information content (AvgIpc) is 3.05. The van der Waals surface area contributed by atoms with Crippen molar-refractivity contribution in [2.24, 2.45) is 0 Å². The molecule has 0 aliphatic heterocycles. The summed E-state index contributed by atoms with van der Waals surface area (Å²) in [6.07, 6.45) is 4.07. The summed E-state index contributed by atoms with van der Waals surface area (Å²) in [5, 5.41) is 14.6. The SMILES string of the molecule is CC[C@@H](O)c1ccccc1-n1cc(-c2ccccc2)cn1. The lowest BCUT2D eigenvalue weighted by atomic mass is 10.1. The molecule has 2 aromatic carbocycles. The third kappa shape index (κ3) is 2.73. The largest absolute Gasteiger partial charge is 0.388 e. The third-order valence-corrected chi connectivity index (χ3v) is 3.62. The molecule has 3 heteroatoms. The number of nitrogens with zero attached hydrogens (tertiary/aromatic N) is 2. The Kier molecular flexibility index (Phi) is 3.84. The third-order valence-electron chi connectivity index (χ3n) is 3.62. The molecule has 0 aliphatic carbocycles. The lowest BCUT2D eigenvalue weighted by Gasteiger charge is -2.13. The summed E-state index contributed by atoms with van der Waals surface area (Å²) in [6, 6.07) is 18.0. The lowest BCUT2D eigenvalue weighted by molar-refractivity contribution is 0.173. The van der Waals surface area contributed by atoms with Crippen molar-refractivity contribution in [3.05, 3.63) is 72.6 Å². The fourth-order valence-corrected chi connectivity index (χ4v) is 2.43. The summed E-state index contributed by atoms with van der Waals surface area (Å²) < 4.78 is 1.83. The quantitative estimate of drug-likeness (QED) is 0.783. The van der Waals surface area contributed by atoms with E-state index in [1.807, 2.05) is 66.5 Å². The number of hydrogen-bond donors (Lipinski definition) is 1.